The number of carboxylic acid groups (broad SMARTS) is 1. The molecule has 0 aliphatic carbocycles. The minimum Gasteiger partial charge on any atom is -0.480 e. The molecule has 1 rings (SSSR count). The van der Waals surface area contributed by atoms with Gasteiger partial charge in [0.1, 0.15) is 6.54 Å². The van der Waals surface area contributed by atoms with Gasteiger partial charge in [-0.2, -0.15) is 0 Å². The second kappa shape index (κ2) is 7.55. The molecule has 100 valence electrons. The Bertz CT molecular complexity index is 382. The Morgan fingerprint density at radius 3 is 2.78 bits per heavy atom. The van der Waals surface area contributed by atoms with E-state index in [1.807, 2.05) is 25.1 Å². The fourth-order valence-electron chi connectivity index (χ4n) is 1.73. The first kappa shape index (κ1) is 14.3. The van der Waals surface area contributed by atoms with E-state index in [2.05, 4.69) is 0 Å². The molecule has 0 radical (unpaired) electrons. The predicted octanol–water partition coefficient (Wildman–Crippen LogP) is 1.59. The lowest BCUT2D eigenvalue weighted by Crippen LogP contribution is -2.31. The third-order valence-corrected chi connectivity index (χ3v) is 2.52. The Labute approximate surface area is 107 Å². The molecule has 18 heavy (non-hydrogen) atoms. The average molecular weight is 252 g/mol. The summed E-state index contributed by atoms with van der Waals surface area (Å²) in [6, 6.07) is 7.28. The van der Waals surface area contributed by atoms with Gasteiger partial charge in [0, 0.05) is 19.8 Å². The van der Waals surface area contributed by atoms with Gasteiger partial charge in [0.05, 0.1) is 11.4 Å². The van der Waals surface area contributed by atoms with Gasteiger partial charge in [0.15, 0.2) is 0 Å². The number of hydrogen-bond acceptors (Lipinski definition) is 4. The summed E-state index contributed by atoms with van der Waals surface area (Å²) in [5.74, 6) is -0.866. The van der Waals surface area contributed by atoms with Gasteiger partial charge in [-0.05, 0) is 25.5 Å². The van der Waals surface area contributed by atoms with Crippen LogP contribution in [0.3, 0.4) is 0 Å². The highest BCUT2D eigenvalue weighted by Gasteiger charge is 2.12. The SMILES string of the molecule is CCOCCCN(CC(=O)O)c1ccccc1N. The number of nitrogens with zero attached hydrogens (tertiary/aromatic N) is 1. The molecular formula is C13H20N2O3. The number of rotatable bonds is 8. The summed E-state index contributed by atoms with van der Waals surface area (Å²) in [4.78, 5) is 12.6. The van der Waals surface area contributed by atoms with Crippen LogP contribution in [0.4, 0.5) is 11.4 Å². The van der Waals surface area contributed by atoms with Crippen molar-refractivity contribution in [2.24, 2.45) is 0 Å². The summed E-state index contributed by atoms with van der Waals surface area (Å²) in [5.41, 5.74) is 7.22. The van der Waals surface area contributed by atoms with Gasteiger partial charge < -0.3 is 20.5 Å². The molecule has 0 amide bonds. The van der Waals surface area contributed by atoms with Crippen molar-refractivity contribution in [3.05, 3.63) is 24.3 Å². The number of anilines is 2. The number of benzene rings is 1. The van der Waals surface area contributed by atoms with E-state index in [1.54, 1.807) is 11.0 Å². The zero-order chi connectivity index (χ0) is 13.4. The molecule has 0 fully saturated rings. The summed E-state index contributed by atoms with van der Waals surface area (Å²) in [6.45, 7) is 3.79. The van der Waals surface area contributed by atoms with Crippen molar-refractivity contribution in [2.45, 2.75) is 13.3 Å². The maximum Gasteiger partial charge on any atom is 0.323 e. The van der Waals surface area contributed by atoms with Crippen LogP contribution >= 0.6 is 0 Å². The highest BCUT2D eigenvalue weighted by atomic mass is 16.5. The summed E-state index contributed by atoms with van der Waals surface area (Å²) in [5, 5.41) is 8.93. The Morgan fingerprint density at radius 2 is 2.17 bits per heavy atom. The molecule has 0 aliphatic heterocycles. The second-order valence-corrected chi connectivity index (χ2v) is 3.92. The first-order valence-corrected chi connectivity index (χ1v) is 6.04. The molecule has 0 unspecified atom stereocenters. The maximum absolute atomic E-state index is 10.9. The van der Waals surface area contributed by atoms with Crippen LogP contribution in [0, 0.1) is 0 Å². The molecule has 0 saturated carbocycles. The Morgan fingerprint density at radius 1 is 1.44 bits per heavy atom. The Kier molecular flexibility index (Phi) is 6.00. The highest BCUT2D eigenvalue weighted by Crippen LogP contribution is 2.22. The van der Waals surface area contributed by atoms with Crippen molar-refractivity contribution in [2.75, 3.05) is 36.9 Å². The smallest absolute Gasteiger partial charge is 0.323 e. The van der Waals surface area contributed by atoms with Gasteiger partial charge in [-0.3, -0.25) is 4.79 Å². The molecule has 5 nitrogen and oxygen atoms in total. The molecular weight excluding hydrogens is 232 g/mol. The lowest BCUT2D eigenvalue weighted by atomic mass is 10.2. The van der Waals surface area contributed by atoms with Crippen LogP contribution in [0.15, 0.2) is 24.3 Å². The van der Waals surface area contributed by atoms with Crippen LogP contribution < -0.4 is 10.6 Å². The highest BCUT2D eigenvalue weighted by molar-refractivity contribution is 5.77. The number of ether oxygens (including phenoxy) is 1. The molecule has 1 aromatic rings. The minimum atomic E-state index is -0.866. The molecule has 0 spiro atoms. The average Bonchev–Trinajstić information content (AvgIpc) is 2.33. The van der Waals surface area contributed by atoms with Crippen molar-refractivity contribution in [3.8, 4) is 0 Å². The monoisotopic (exact) mass is 252 g/mol. The van der Waals surface area contributed by atoms with E-state index >= 15 is 0 Å². The second-order valence-electron chi connectivity index (χ2n) is 3.92. The van der Waals surface area contributed by atoms with Gasteiger partial charge >= 0.3 is 5.97 Å². The molecule has 0 bridgehead atoms. The molecule has 0 heterocycles. The van der Waals surface area contributed by atoms with Crippen LogP contribution in [0.2, 0.25) is 0 Å². The first-order chi connectivity index (χ1) is 8.65. The fraction of sp³-hybridized carbons (Fsp3) is 0.462. The zero-order valence-electron chi connectivity index (χ0n) is 10.6. The molecule has 1 aromatic carbocycles. The fourth-order valence-corrected chi connectivity index (χ4v) is 1.73. The van der Waals surface area contributed by atoms with Crippen LogP contribution in [-0.4, -0.2) is 37.4 Å². The van der Waals surface area contributed by atoms with Crippen molar-refractivity contribution >= 4 is 17.3 Å². The lowest BCUT2D eigenvalue weighted by molar-refractivity contribution is -0.135. The van der Waals surface area contributed by atoms with Gasteiger partial charge in [-0.25, -0.2) is 0 Å². The number of hydrogen-bond donors (Lipinski definition) is 2. The van der Waals surface area contributed by atoms with Crippen molar-refractivity contribution in [1.29, 1.82) is 0 Å². The van der Waals surface area contributed by atoms with Crippen molar-refractivity contribution in [3.63, 3.8) is 0 Å². The topological polar surface area (TPSA) is 75.8 Å². The predicted molar refractivity (Wildman–Crippen MR) is 71.8 cm³/mol. The van der Waals surface area contributed by atoms with Crippen molar-refractivity contribution < 1.29 is 14.6 Å². The summed E-state index contributed by atoms with van der Waals surface area (Å²) in [6.07, 6.45) is 0.773. The van der Waals surface area contributed by atoms with Crippen LogP contribution in [0.1, 0.15) is 13.3 Å². The number of carbonyl (C=O) groups is 1. The number of carboxylic acids is 1. The Hall–Kier alpha value is -1.75. The quantitative estimate of drug-likeness (QED) is 0.542. The molecule has 0 atom stereocenters. The Balaban J connectivity index is 2.66. The molecule has 0 aromatic heterocycles. The molecule has 0 saturated heterocycles. The van der Waals surface area contributed by atoms with Gasteiger partial charge in [0.25, 0.3) is 0 Å². The van der Waals surface area contributed by atoms with Crippen LogP contribution in [0.5, 0.6) is 0 Å². The largest absolute Gasteiger partial charge is 0.480 e. The third kappa shape index (κ3) is 4.63. The summed E-state index contributed by atoms with van der Waals surface area (Å²) < 4.78 is 5.25. The van der Waals surface area contributed by atoms with Crippen LogP contribution in [-0.2, 0) is 9.53 Å². The minimum absolute atomic E-state index is 0.0552. The normalized spacial score (nSPS) is 10.3. The summed E-state index contributed by atoms with van der Waals surface area (Å²) in [7, 11) is 0. The number of nitrogen functional groups attached to an aromatic ring is 1. The summed E-state index contributed by atoms with van der Waals surface area (Å²) >= 11 is 0. The maximum atomic E-state index is 10.9. The zero-order valence-corrected chi connectivity index (χ0v) is 10.6. The van der Waals surface area contributed by atoms with E-state index in [0.29, 0.717) is 25.4 Å². The van der Waals surface area contributed by atoms with E-state index < -0.39 is 5.97 Å². The van der Waals surface area contributed by atoms with Gasteiger partial charge in [-0.1, -0.05) is 12.1 Å². The van der Waals surface area contributed by atoms with Crippen molar-refractivity contribution in [1.82, 2.24) is 0 Å². The molecule has 3 N–H and O–H groups in total. The number of para-hydroxylation sites is 2. The van der Waals surface area contributed by atoms with E-state index in [-0.39, 0.29) is 6.54 Å². The van der Waals surface area contributed by atoms with E-state index in [4.69, 9.17) is 15.6 Å². The van der Waals surface area contributed by atoms with Crippen LogP contribution in [0.25, 0.3) is 0 Å². The third-order valence-electron chi connectivity index (χ3n) is 2.52. The van der Waals surface area contributed by atoms with Gasteiger partial charge in [0.2, 0.25) is 0 Å². The molecule has 0 aliphatic rings. The van der Waals surface area contributed by atoms with E-state index in [9.17, 15) is 4.79 Å². The van der Waals surface area contributed by atoms with E-state index in [0.717, 1.165) is 12.1 Å². The van der Waals surface area contributed by atoms with E-state index in [1.165, 1.54) is 0 Å². The number of aliphatic carboxylic acids is 1. The number of nitrogens with two attached hydrogens (primary N) is 1. The van der Waals surface area contributed by atoms with Gasteiger partial charge in [-0.15, -0.1) is 0 Å². The standard InChI is InChI=1S/C13H20N2O3/c1-2-18-9-5-8-15(10-13(16)17)12-7-4-3-6-11(12)14/h3-4,6-7H,2,5,8-10,14H2,1H3,(H,16,17). The lowest BCUT2D eigenvalue weighted by Gasteiger charge is -2.24. The first-order valence-electron chi connectivity index (χ1n) is 6.04. The molecule has 5 heteroatoms.